The van der Waals surface area contributed by atoms with Crippen molar-refractivity contribution < 1.29 is 14.6 Å². The van der Waals surface area contributed by atoms with Gasteiger partial charge in [-0.3, -0.25) is 4.79 Å². The van der Waals surface area contributed by atoms with E-state index in [2.05, 4.69) is 0 Å². The molecule has 110 valence electrons. The molecule has 1 N–H and O–H groups in total. The van der Waals surface area contributed by atoms with Crippen LogP contribution in [0.4, 0.5) is 0 Å². The summed E-state index contributed by atoms with van der Waals surface area (Å²) < 4.78 is 5.69. The normalized spacial score (nSPS) is 18.4. The molecule has 1 amide bonds. The predicted octanol–water partition coefficient (Wildman–Crippen LogP) is 2.52. The zero-order valence-corrected chi connectivity index (χ0v) is 12.2. The fourth-order valence-electron chi connectivity index (χ4n) is 2.45. The molecule has 0 aromatic heterocycles. The lowest BCUT2D eigenvalue weighted by atomic mass is 10.1. The van der Waals surface area contributed by atoms with Crippen molar-refractivity contribution in [2.24, 2.45) is 0 Å². The number of benzene rings is 1. The van der Waals surface area contributed by atoms with Crippen LogP contribution in [0, 0.1) is 0 Å². The first-order valence-corrected chi connectivity index (χ1v) is 7.31. The average Bonchev–Trinajstić information content (AvgIpc) is 2.48. The Kier molecular flexibility index (Phi) is 5.01. The maximum atomic E-state index is 12.2. The molecule has 2 rings (SSSR count). The molecule has 0 saturated carbocycles. The number of amides is 1. The Bertz CT molecular complexity index is 436. The van der Waals surface area contributed by atoms with E-state index < -0.39 is 12.2 Å². The van der Waals surface area contributed by atoms with Crippen LogP contribution in [-0.2, 0) is 4.79 Å². The number of carbonyl (C=O) groups excluding carboxylic acids is 1. The number of carbonyl (C=O) groups is 1. The Balaban J connectivity index is 1.92. The summed E-state index contributed by atoms with van der Waals surface area (Å²) in [4.78, 5) is 14.1. The first-order valence-electron chi connectivity index (χ1n) is 7.31. The van der Waals surface area contributed by atoms with E-state index in [1.807, 2.05) is 17.0 Å². The van der Waals surface area contributed by atoms with E-state index in [4.69, 9.17) is 4.74 Å². The fraction of sp³-hybridized carbons (Fsp3) is 0.562. The third-order valence-electron chi connectivity index (χ3n) is 3.69. The van der Waals surface area contributed by atoms with Crippen LogP contribution in [0.3, 0.4) is 0 Å². The highest BCUT2D eigenvalue weighted by Crippen LogP contribution is 2.19. The van der Waals surface area contributed by atoms with Crippen LogP contribution >= 0.6 is 0 Å². The van der Waals surface area contributed by atoms with Gasteiger partial charge in [-0.2, -0.15) is 0 Å². The predicted molar refractivity (Wildman–Crippen MR) is 77.6 cm³/mol. The molecule has 2 unspecified atom stereocenters. The molecular formula is C16H23NO3. The van der Waals surface area contributed by atoms with Crippen molar-refractivity contribution in [2.45, 2.75) is 45.3 Å². The summed E-state index contributed by atoms with van der Waals surface area (Å²) in [6.07, 6.45) is 2.42. The third kappa shape index (κ3) is 3.73. The largest absolute Gasteiger partial charge is 0.481 e. The fourth-order valence-corrected chi connectivity index (χ4v) is 2.45. The number of ether oxygens (including phenoxy) is 1. The number of aliphatic hydroxyl groups is 1. The second-order valence-electron chi connectivity index (χ2n) is 5.39. The monoisotopic (exact) mass is 277 g/mol. The SMILES string of the molecule is CC(Oc1ccc(C(C)O)cc1)C(=O)N1CCCCC1. The van der Waals surface area contributed by atoms with Gasteiger partial charge in [0, 0.05) is 13.1 Å². The number of nitrogens with zero attached hydrogens (tertiary/aromatic N) is 1. The second-order valence-corrected chi connectivity index (χ2v) is 5.39. The van der Waals surface area contributed by atoms with E-state index in [1.165, 1.54) is 6.42 Å². The van der Waals surface area contributed by atoms with Gasteiger partial charge >= 0.3 is 0 Å². The van der Waals surface area contributed by atoms with Crippen molar-refractivity contribution in [3.8, 4) is 5.75 Å². The lowest BCUT2D eigenvalue weighted by molar-refractivity contribution is -0.138. The Labute approximate surface area is 120 Å². The molecule has 1 fully saturated rings. The molecule has 4 nitrogen and oxygen atoms in total. The van der Waals surface area contributed by atoms with Crippen LogP contribution in [-0.4, -0.2) is 35.1 Å². The molecule has 4 heteroatoms. The molecule has 0 spiro atoms. The van der Waals surface area contributed by atoms with E-state index in [9.17, 15) is 9.90 Å². The highest BCUT2D eigenvalue weighted by molar-refractivity contribution is 5.81. The Morgan fingerprint density at radius 3 is 2.30 bits per heavy atom. The van der Waals surface area contributed by atoms with Crippen molar-refractivity contribution in [1.82, 2.24) is 4.90 Å². The van der Waals surface area contributed by atoms with Crippen LogP contribution in [0.25, 0.3) is 0 Å². The average molecular weight is 277 g/mol. The smallest absolute Gasteiger partial charge is 0.263 e. The van der Waals surface area contributed by atoms with E-state index in [0.717, 1.165) is 31.5 Å². The van der Waals surface area contributed by atoms with Crippen LogP contribution < -0.4 is 4.74 Å². The Morgan fingerprint density at radius 1 is 1.15 bits per heavy atom. The summed E-state index contributed by atoms with van der Waals surface area (Å²) in [7, 11) is 0. The molecule has 2 atom stereocenters. The Hall–Kier alpha value is -1.55. The second kappa shape index (κ2) is 6.75. The van der Waals surface area contributed by atoms with Crippen molar-refractivity contribution >= 4 is 5.91 Å². The van der Waals surface area contributed by atoms with Crippen LogP contribution in [0.2, 0.25) is 0 Å². The van der Waals surface area contributed by atoms with E-state index in [0.29, 0.717) is 5.75 Å². The van der Waals surface area contributed by atoms with Crippen LogP contribution in [0.1, 0.15) is 44.8 Å². The quantitative estimate of drug-likeness (QED) is 0.920. The summed E-state index contributed by atoms with van der Waals surface area (Å²) >= 11 is 0. The number of hydrogen-bond acceptors (Lipinski definition) is 3. The van der Waals surface area contributed by atoms with Gasteiger partial charge in [-0.25, -0.2) is 0 Å². The highest BCUT2D eigenvalue weighted by atomic mass is 16.5. The van der Waals surface area contributed by atoms with E-state index >= 15 is 0 Å². The lowest BCUT2D eigenvalue weighted by Crippen LogP contribution is -2.43. The van der Waals surface area contributed by atoms with Crippen molar-refractivity contribution in [3.63, 3.8) is 0 Å². The van der Waals surface area contributed by atoms with Crippen molar-refractivity contribution in [1.29, 1.82) is 0 Å². The molecule has 0 aliphatic carbocycles. The summed E-state index contributed by atoms with van der Waals surface area (Å²) in [6.45, 7) is 5.19. The van der Waals surface area contributed by atoms with Gasteiger partial charge in [0.1, 0.15) is 5.75 Å². The number of rotatable bonds is 4. The molecule has 1 aromatic carbocycles. The molecule has 1 heterocycles. The van der Waals surface area contributed by atoms with Gasteiger partial charge in [0.25, 0.3) is 5.91 Å². The minimum Gasteiger partial charge on any atom is -0.481 e. The first kappa shape index (κ1) is 14.9. The maximum Gasteiger partial charge on any atom is 0.263 e. The summed E-state index contributed by atoms with van der Waals surface area (Å²) in [6, 6.07) is 7.22. The van der Waals surface area contributed by atoms with Crippen LogP contribution in [0.15, 0.2) is 24.3 Å². The summed E-state index contributed by atoms with van der Waals surface area (Å²) in [5.74, 6) is 0.719. The number of aliphatic hydroxyl groups excluding tert-OH is 1. The molecule has 20 heavy (non-hydrogen) atoms. The number of hydrogen-bond donors (Lipinski definition) is 1. The summed E-state index contributed by atoms with van der Waals surface area (Å²) in [5, 5.41) is 9.45. The highest BCUT2D eigenvalue weighted by Gasteiger charge is 2.23. The molecule has 0 radical (unpaired) electrons. The molecule has 1 saturated heterocycles. The number of piperidine rings is 1. The van der Waals surface area contributed by atoms with E-state index in [-0.39, 0.29) is 5.91 Å². The Morgan fingerprint density at radius 2 is 1.75 bits per heavy atom. The molecule has 0 bridgehead atoms. The third-order valence-corrected chi connectivity index (χ3v) is 3.69. The van der Waals surface area contributed by atoms with Gasteiger partial charge in [0.15, 0.2) is 6.10 Å². The van der Waals surface area contributed by atoms with Gasteiger partial charge < -0.3 is 14.7 Å². The van der Waals surface area contributed by atoms with E-state index in [1.54, 1.807) is 26.0 Å². The maximum absolute atomic E-state index is 12.2. The molecular weight excluding hydrogens is 254 g/mol. The zero-order valence-electron chi connectivity index (χ0n) is 12.2. The van der Waals surface area contributed by atoms with Gasteiger partial charge in [0.2, 0.25) is 0 Å². The van der Waals surface area contributed by atoms with Crippen LogP contribution in [0.5, 0.6) is 5.75 Å². The van der Waals surface area contributed by atoms with Crippen molar-refractivity contribution in [3.05, 3.63) is 29.8 Å². The standard InChI is InChI=1S/C16H23NO3/c1-12(18)14-6-8-15(9-7-14)20-13(2)16(19)17-10-4-3-5-11-17/h6-9,12-13,18H,3-5,10-11H2,1-2H3. The molecule has 1 aromatic rings. The summed E-state index contributed by atoms with van der Waals surface area (Å²) in [5.41, 5.74) is 0.840. The van der Waals surface area contributed by atoms with Crippen molar-refractivity contribution in [2.75, 3.05) is 13.1 Å². The minimum atomic E-state index is -0.489. The minimum absolute atomic E-state index is 0.0595. The van der Waals surface area contributed by atoms with Gasteiger partial charge in [-0.15, -0.1) is 0 Å². The van der Waals surface area contributed by atoms with Gasteiger partial charge in [0.05, 0.1) is 6.10 Å². The molecule has 1 aliphatic rings. The lowest BCUT2D eigenvalue weighted by Gasteiger charge is -2.29. The number of likely N-dealkylation sites (tertiary alicyclic amines) is 1. The topological polar surface area (TPSA) is 49.8 Å². The van der Waals surface area contributed by atoms with Gasteiger partial charge in [-0.05, 0) is 50.8 Å². The zero-order chi connectivity index (χ0) is 14.5. The van der Waals surface area contributed by atoms with Gasteiger partial charge in [-0.1, -0.05) is 12.1 Å². The first-order chi connectivity index (χ1) is 9.58. The molecule has 1 aliphatic heterocycles.